The van der Waals surface area contributed by atoms with Crippen LogP contribution in [0.15, 0.2) is 54.7 Å². The number of nitro benzene ring substituents is 1. The molecule has 0 radical (unpaired) electrons. The molecule has 1 aromatic heterocycles. The molecular weight excluding hydrogens is 1520 g/mol. The number of Topliss-reactive ketones (excluding diaryl/α,β-unsaturated/α-hetero) is 1. The molecule has 664 valence electrons. The summed E-state index contributed by atoms with van der Waals surface area (Å²) in [6.07, 6.45) is -3.76. The maximum Gasteiger partial charge on any atom is 0.410 e. The molecule has 16 atom stereocenters. The lowest BCUT2D eigenvalue weighted by Gasteiger charge is -2.42. The normalized spacial score (nSPS) is 19.6. The number of hydrogen-bond donors (Lipinski definition) is 3. The van der Waals surface area contributed by atoms with E-state index in [9.17, 15) is 39.2 Å². The van der Waals surface area contributed by atoms with Gasteiger partial charge < -0.3 is 102 Å². The average molecular weight is 1660 g/mol. The second-order valence-electron chi connectivity index (χ2n) is 30.7. The number of esters is 1. The van der Waals surface area contributed by atoms with E-state index in [-0.39, 0.29) is 91.8 Å². The standard InChI is InChI=1S/C83H137N9O25/c1-17-57(6)76(72(102-15)53-73(95)91-28-21-24-67(91)78(103-16)61(10)69(94)50-58(7)77(96)64-22-19-18-20-23-64)88(13)81(98)74(55(2)3)85-80(97)75(56(4)5)89(14)83(99)117-71(65-25-26-70(68(51-65)92(100)101)116-82-79(115-63(12)93)60(9)59(8)62(11)114-82)52-66-54-90(87-86-66)29-31-105-33-35-107-37-39-109-41-43-111-45-47-113-49-48-112-46-44-110-42-40-108-38-36-106-34-32-104-30-27-84/h18-20,22-23,25-26,51,54-62,67,71-72,74-79,82,96H,17,21,24,27-50,52-53,84H2,1-16H3,(H,85,97)/t57-,58-,59?,60?,61-,62?,67-,71?,72+,74-,75-,76-,77+,78+,79?,82?/m0/s1. The number of nitrogens with zero attached hydrogens (tertiary/aromatic N) is 7. The molecule has 4 amide bonds. The van der Waals surface area contributed by atoms with Gasteiger partial charge in [-0.25, -0.2) is 9.48 Å². The highest BCUT2D eigenvalue weighted by atomic mass is 16.7. The Morgan fingerprint density at radius 3 is 1.72 bits per heavy atom. The first-order chi connectivity index (χ1) is 56.1. The van der Waals surface area contributed by atoms with Crippen LogP contribution in [0.3, 0.4) is 0 Å². The number of aliphatic hydroxyl groups is 1. The zero-order valence-electron chi connectivity index (χ0n) is 72.0. The van der Waals surface area contributed by atoms with E-state index in [4.69, 9.17) is 81.5 Å². The van der Waals surface area contributed by atoms with Crippen molar-refractivity contribution in [2.75, 3.05) is 174 Å². The molecule has 5 rings (SSSR count). The highest BCUT2D eigenvalue weighted by Crippen LogP contribution is 2.39. The maximum atomic E-state index is 15.2. The lowest BCUT2D eigenvalue weighted by molar-refractivity contribution is -0.387. The van der Waals surface area contributed by atoms with Gasteiger partial charge >= 0.3 is 17.7 Å². The van der Waals surface area contributed by atoms with Gasteiger partial charge in [-0.2, -0.15) is 0 Å². The van der Waals surface area contributed by atoms with E-state index in [2.05, 4.69) is 15.6 Å². The number of amides is 4. The Labute approximate surface area is 691 Å². The number of carbonyl (C=O) groups is 6. The number of methoxy groups -OCH3 is 2. The van der Waals surface area contributed by atoms with Gasteiger partial charge in [0.25, 0.3) is 0 Å². The molecule has 0 bridgehead atoms. The zero-order chi connectivity index (χ0) is 85.9. The van der Waals surface area contributed by atoms with Crippen molar-refractivity contribution in [3.8, 4) is 5.75 Å². The van der Waals surface area contributed by atoms with Crippen molar-refractivity contribution in [1.29, 1.82) is 0 Å². The Morgan fingerprint density at radius 1 is 0.692 bits per heavy atom. The molecular formula is C83H137N9O25. The van der Waals surface area contributed by atoms with Crippen LogP contribution in [0.2, 0.25) is 0 Å². The van der Waals surface area contributed by atoms with E-state index in [1.54, 1.807) is 52.8 Å². The predicted octanol–water partition coefficient (Wildman–Crippen LogP) is 7.41. The first-order valence-corrected chi connectivity index (χ1v) is 41.4. The molecule has 4 N–H and O–H groups in total. The third kappa shape index (κ3) is 33.9. The highest BCUT2D eigenvalue weighted by molar-refractivity contribution is 5.92. The fourth-order valence-electron chi connectivity index (χ4n) is 14.4. The van der Waals surface area contributed by atoms with Gasteiger partial charge in [-0.05, 0) is 66.5 Å². The van der Waals surface area contributed by atoms with E-state index in [1.165, 1.54) is 56.0 Å². The number of aromatic nitrogens is 3. The van der Waals surface area contributed by atoms with Crippen molar-refractivity contribution >= 4 is 41.3 Å². The second kappa shape index (κ2) is 55.0. The molecule has 6 unspecified atom stereocenters. The molecule has 2 saturated heterocycles. The third-order valence-corrected chi connectivity index (χ3v) is 21.5. The predicted molar refractivity (Wildman–Crippen MR) is 432 cm³/mol. The van der Waals surface area contributed by atoms with E-state index in [1.807, 2.05) is 71.9 Å². The van der Waals surface area contributed by atoms with Crippen molar-refractivity contribution in [3.05, 3.63) is 81.7 Å². The fourth-order valence-corrected chi connectivity index (χ4v) is 14.4. The lowest BCUT2D eigenvalue weighted by atomic mass is 9.84. The number of ether oxygens (including phenoxy) is 16. The minimum Gasteiger partial charge on any atom is -0.456 e. The first-order valence-electron chi connectivity index (χ1n) is 41.4. The molecule has 2 aliphatic heterocycles. The van der Waals surface area contributed by atoms with Crippen LogP contribution < -0.4 is 15.8 Å². The van der Waals surface area contributed by atoms with Gasteiger partial charge in [0.1, 0.15) is 24.0 Å². The third-order valence-electron chi connectivity index (χ3n) is 21.5. The number of benzene rings is 2. The van der Waals surface area contributed by atoms with Gasteiger partial charge in [0.15, 0.2) is 11.9 Å². The van der Waals surface area contributed by atoms with Gasteiger partial charge in [-0.1, -0.05) is 117 Å². The number of nitro groups is 1. The van der Waals surface area contributed by atoms with Crippen molar-refractivity contribution in [2.45, 2.75) is 195 Å². The molecule has 3 heterocycles. The number of ketones is 1. The van der Waals surface area contributed by atoms with Gasteiger partial charge in [0.2, 0.25) is 24.0 Å². The number of likely N-dealkylation sites (N-methyl/N-ethyl adjacent to an activating group) is 2. The Morgan fingerprint density at radius 2 is 1.23 bits per heavy atom. The molecule has 117 heavy (non-hydrogen) atoms. The van der Waals surface area contributed by atoms with Gasteiger partial charge in [0, 0.05) is 85.3 Å². The fraction of sp³-hybridized carbons (Fsp3) is 0.759. The van der Waals surface area contributed by atoms with Crippen LogP contribution in [0.5, 0.6) is 5.75 Å². The Balaban J connectivity index is 1.18. The van der Waals surface area contributed by atoms with Crippen molar-refractivity contribution in [3.63, 3.8) is 0 Å². The number of aliphatic hydroxyl groups excluding tert-OH is 1. The topological polar surface area (TPSA) is 392 Å². The van der Waals surface area contributed by atoms with Crippen LogP contribution in [0.4, 0.5) is 10.5 Å². The molecule has 2 aliphatic rings. The van der Waals surface area contributed by atoms with Crippen molar-refractivity contribution in [1.82, 2.24) is 35.0 Å². The summed E-state index contributed by atoms with van der Waals surface area (Å²) in [7, 11) is 6.05. The van der Waals surface area contributed by atoms with E-state index in [0.717, 1.165) is 10.5 Å². The van der Waals surface area contributed by atoms with E-state index >= 15 is 4.79 Å². The summed E-state index contributed by atoms with van der Waals surface area (Å²) in [6.45, 7) is 31.0. The summed E-state index contributed by atoms with van der Waals surface area (Å²) in [5.41, 5.74) is 6.05. The van der Waals surface area contributed by atoms with Gasteiger partial charge in [-0.3, -0.25) is 39.0 Å². The Hall–Kier alpha value is -7.00. The van der Waals surface area contributed by atoms with Crippen LogP contribution in [0, 0.1) is 51.5 Å². The van der Waals surface area contributed by atoms with Gasteiger partial charge in [-0.15, -0.1) is 5.10 Å². The summed E-state index contributed by atoms with van der Waals surface area (Å²) in [6, 6.07) is 9.77. The number of nitrogens with one attached hydrogen (secondary N) is 1. The summed E-state index contributed by atoms with van der Waals surface area (Å²) < 4.78 is 93.5. The minimum atomic E-state index is -1.30. The van der Waals surface area contributed by atoms with Gasteiger partial charge in [0.05, 0.1) is 192 Å². The first kappa shape index (κ1) is 101. The Kier molecular flexibility index (Phi) is 47.3. The molecule has 2 aromatic carbocycles. The van der Waals surface area contributed by atoms with Crippen LogP contribution >= 0.6 is 0 Å². The number of hydrogen-bond acceptors (Lipinski definition) is 28. The number of likely N-dealkylation sites (tertiary alicyclic amines) is 1. The summed E-state index contributed by atoms with van der Waals surface area (Å²) in [5, 5.41) is 35.8. The van der Waals surface area contributed by atoms with Crippen LogP contribution in [0.25, 0.3) is 0 Å². The summed E-state index contributed by atoms with van der Waals surface area (Å²) >= 11 is 0. The van der Waals surface area contributed by atoms with Crippen LogP contribution in [-0.4, -0.2) is 304 Å². The molecule has 0 saturated carbocycles. The SMILES string of the molecule is CC[C@H](C)[C@@H]([C@@H](CC(=O)N1CCC[C@H]1[C@H](OC)[C@@H](C)C(=O)C[C@H](C)[C@@H](O)c1ccccc1)OC)N(C)C(=O)[C@@H](NC(=O)[C@H](C(C)C)N(C)C(=O)OC(Cc1cn(CCOCCOCCOCCOCCOCCOCCOCCOCCOCCOCCN)nn1)c1ccc(OC2OC(C)C(C)C(C)C2OC(C)=O)c([N+](=O)[O-])c1)C(C)C. The molecule has 0 aliphatic carbocycles. The lowest BCUT2D eigenvalue weighted by Crippen LogP contribution is -2.60. The highest BCUT2D eigenvalue weighted by Gasteiger charge is 2.47. The number of nitrogens with two attached hydrogens (primary N) is 1. The molecule has 3 aromatic rings. The molecule has 0 spiro atoms. The minimum absolute atomic E-state index is 0.0657. The number of rotatable bonds is 61. The summed E-state index contributed by atoms with van der Waals surface area (Å²) in [5.74, 6) is -4.84. The quantitative estimate of drug-likeness (QED) is 0.0214. The van der Waals surface area contributed by atoms with E-state index in [0.29, 0.717) is 157 Å². The smallest absolute Gasteiger partial charge is 0.410 e. The maximum absolute atomic E-state index is 15.2. The largest absolute Gasteiger partial charge is 0.456 e. The van der Waals surface area contributed by atoms with Crippen LogP contribution in [-0.2, 0) is 108 Å². The van der Waals surface area contributed by atoms with Crippen LogP contribution in [0.1, 0.15) is 144 Å². The van der Waals surface area contributed by atoms with E-state index < -0.39 is 113 Å². The molecule has 34 heteroatoms. The second-order valence-corrected chi connectivity index (χ2v) is 30.7. The molecule has 2 fully saturated rings. The number of carbonyl (C=O) groups excluding carboxylic acids is 6. The zero-order valence-corrected chi connectivity index (χ0v) is 72.0. The summed E-state index contributed by atoms with van der Waals surface area (Å²) in [4.78, 5) is 103. The van der Waals surface area contributed by atoms with Crippen molar-refractivity contribution < 1.29 is 115 Å². The molecule has 34 nitrogen and oxygen atoms in total. The van der Waals surface area contributed by atoms with Crippen molar-refractivity contribution in [2.24, 2.45) is 47.2 Å². The monoisotopic (exact) mass is 1660 g/mol. The Bertz CT molecular complexity index is 3340. The average Bonchev–Trinajstić information content (AvgIpc) is 1.54.